The third-order valence-corrected chi connectivity index (χ3v) is 3.25. The van der Waals surface area contributed by atoms with Crippen LogP contribution in [0.5, 0.6) is 0 Å². The van der Waals surface area contributed by atoms with Crippen LogP contribution in [0.25, 0.3) is 0 Å². The van der Waals surface area contributed by atoms with Crippen molar-refractivity contribution in [2.45, 2.75) is 6.92 Å². The maximum absolute atomic E-state index is 13.7. The van der Waals surface area contributed by atoms with Crippen molar-refractivity contribution in [2.75, 3.05) is 10.6 Å². The molecule has 104 valence electrons. The first-order valence-corrected chi connectivity index (χ1v) is 6.95. The van der Waals surface area contributed by atoms with Gasteiger partial charge in [-0.2, -0.15) is 0 Å². The molecule has 0 bridgehead atoms. The molecule has 0 atom stereocenters. The van der Waals surface area contributed by atoms with Gasteiger partial charge in [0.1, 0.15) is 11.6 Å². The molecule has 20 heavy (non-hydrogen) atoms. The molecule has 2 nitrogen and oxygen atoms in total. The molecule has 0 fully saturated rings. The van der Waals surface area contributed by atoms with Crippen molar-refractivity contribution in [3.8, 4) is 0 Å². The van der Waals surface area contributed by atoms with Crippen LogP contribution in [-0.2, 0) is 0 Å². The summed E-state index contributed by atoms with van der Waals surface area (Å²) < 4.78 is 27.9. The molecule has 2 aromatic carbocycles. The second-order valence-electron chi connectivity index (χ2n) is 4.19. The maximum Gasteiger partial charge on any atom is 0.175 e. The number of benzene rings is 2. The average Bonchev–Trinajstić information content (AvgIpc) is 2.36. The smallest absolute Gasteiger partial charge is 0.175 e. The molecule has 0 aromatic heterocycles. The lowest BCUT2D eigenvalue weighted by atomic mass is 10.2. The number of hydrogen-bond acceptors (Lipinski definition) is 1. The van der Waals surface area contributed by atoms with E-state index in [1.54, 1.807) is 31.2 Å². The molecule has 0 aliphatic rings. The van der Waals surface area contributed by atoms with Crippen LogP contribution in [0.15, 0.2) is 40.9 Å². The van der Waals surface area contributed by atoms with Gasteiger partial charge in [-0.25, -0.2) is 8.78 Å². The highest BCUT2D eigenvalue weighted by molar-refractivity contribution is 9.10. The molecule has 0 unspecified atom stereocenters. The molecule has 6 heteroatoms. The van der Waals surface area contributed by atoms with Gasteiger partial charge in [0, 0.05) is 4.47 Å². The van der Waals surface area contributed by atoms with Gasteiger partial charge in [0.25, 0.3) is 0 Å². The van der Waals surface area contributed by atoms with Gasteiger partial charge in [-0.1, -0.05) is 22.0 Å². The van der Waals surface area contributed by atoms with Gasteiger partial charge in [-0.3, -0.25) is 0 Å². The summed E-state index contributed by atoms with van der Waals surface area (Å²) in [5.74, 6) is -0.863. The second kappa shape index (κ2) is 6.28. The highest BCUT2D eigenvalue weighted by Gasteiger charge is 2.07. The molecule has 0 amide bonds. The molecule has 0 saturated carbocycles. The molecule has 2 rings (SSSR count). The summed E-state index contributed by atoms with van der Waals surface area (Å²) >= 11 is 8.20. The fraction of sp³-hybridized carbons (Fsp3) is 0.0714. The molecule has 0 aliphatic heterocycles. The Bertz CT molecular complexity index is 606. The summed E-state index contributed by atoms with van der Waals surface area (Å²) in [5, 5.41) is 5.50. The lowest BCUT2D eigenvalue weighted by Crippen LogP contribution is -2.20. The number of rotatable bonds is 2. The van der Waals surface area contributed by atoms with Crippen molar-refractivity contribution in [1.29, 1.82) is 0 Å². The minimum Gasteiger partial charge on any atom is -0.330 e. The van der Waals surface area contributed by atoms with Gasteiger partial charge in [0.15, 0.2) is 5.11 Å². The van der Waals surface area contributed by atoms with Crippen LogP contribution >= 0.6 is 28.1 Å². The van der Waals surface area contributed by atoms with Crippen LogP contribution in [0.3, 0.4) is 0 Å². The first-order valence-electron chi connectivity index (χ1n) is 5.75. The summed E-state index contributed by atoms with van der Waals surface area (Å²) in [5.41, 5.74) is 1.27. The Morgan fingerprint density at radius 1 is 1.00 bits per heavy atom. The van der Waals surface area contributed by atoms with E-state index in [0.717, 1.165) is 5.56 Å². The monoisotopic (exact) mass is 356 g/mol. The lowest BCUT2D eigenvalue weighted by Gasteiger charge is -2.12. The van der Waals surface area contributed by atoms with E-state index in [9.17, 15) is 8.78 Å². The quantitative estimate of drug-likeness (QED) is 0.752. The molecule has 0 heterocycles. The summed E-state index contributed by atoms with van der Waals surface area (Å²) in [7, 11) is 0. The summed E-state index contributed by atoms with van der Waals surface area (Å²) in [4.78, 5) is 0. The minimum atomic E-state index is -0.451. The van der Waals surface area contributed by atoms with E-state index in [4.69, 9.17) is 12.2 Å². The molecule has 0 aliphatic carbocycles. The zero-order valence-corrected chi connectivity index (χ0v) is 12.9. The average molecular weight is 357 g/mol. The van der Waals surface area contributed by atoms with Gasteiger partial charge in [0.2, 0.25) is 0 Å². The van der Waals surface area contributed by atoms with Crippen LogP contribution < -0.4 is 10.6 Å². The third-order valence-electron chi connectivity index (χ3n) is 2.55. The van der Waals surface area contributed by atoms with Crippen molar-refractivity contribution in [2.24, 2.45) is 0 Å². The molecule has 0 radical (unpaired) electrons. The first kappa shape index (κ1) is 14.9. The van der Waals surface area contributed by atoms with Crippen LogP contribution in [-0.4, -0.2) is 5.11 Å². The molecular weight excluding hydrogens is 346 g/mol. The number of thiocarbonyl (C=S) groups is 1. The topological polar surface area (TPSA) is 24.1 Å². The summed E-state index contributed by atoms with van der Waals surface area (Å²) in [6, 6.07) is 9.27. The van der Waals surface area contributed by atoms with Gasteiger partial charge in [0.05, 0.1) is 11.4 Å². The van der Waals surface area contributed by atoms with E-state index in [0.29, 0.717) is 4.47 Å². The largest absolute Gasteiger partial charge is 0.330 e. The highest BCUT2D eigenvalue weighted by Crippen LogP contribution is 2.20. The van der Waals surface area contributed by atoms with Crippen LogP contribution in [0.4, 0.5) is 20.2 Å². The first-order chi connectivity index (χ1) is 9.45. The third kappa shape index (κ3) is 3.74. The van der Waals surface area contributed by atoms with E-state index in [1.807, 2.05) is 0 Å². The number of aryl methyl sites for hydroxylation is 1. The molecule has 0 spiro atoms. The van der Waals surface area contributed by atoms with Crippen LogP contribution in [0.1, 0.15) is 5.56 Å². The summed E-state index contributed by atoms with van der Waals surface area (Å²) in [6.45, 7) is 1.79. The fourth-order valence-corrected chi connectivity index (χ4v) is 2.14. The second-order valence-corrected chi connectivity index (χ2v) is 5.51. The van der Waals surface area contributed by atoms with E-state index in [-0.39, 0.29) is 16.5 Å². The van der Waals surface area contributed by atoms with Gasteiger partial charge in [-0.15, -0.1) is 0 Å². The Kier molecular flexibility index (Phi) is 4.67. The fourth-order valence-electron chi connectivity index (χ4n) is 1.59. The van der Waals surface area contributed by atoms with E-state index in [1.165, 1.54) is 12.1 Å². The van der Waals surface area contributed by atoms with Crippen LogP contribution in [0, 0.1) is 18.6 Å². The number of hydrogen-bond donors (Lipinski definition) is 2. The van der Waals surface area contributed by atoms with Crippen LogP contribution in [0.2, 0.25) is 0 Å². The Morgan fingerprint density at radius 2 is 1.55 bits per heavy atom. The van der Waals surface area contributed by atoms with E-state index >= 15 is 0 Å². The predicted molar refractivity (Wildman–Crippen MR) is 85.1 cm³/mol. The number of anilines is 2. The van der Waals surface area contributed by atoms with Crippen molar-refractivity contribution in [3.63, 3.8) is 0 Å². The summed E-state index contributed by atoms with van der Waals surface area (Å²) in [6.07, 6.45) is 0. The van der Waals surface area contributed by atoms with E-state index < -0.39 is 11.6 Å². The van der Waals surface area contributed by atoms with Crippen molar-refractivity contribution in [3.05, 3.63) is 58.1 Å². The van der Waals surface area contributed by atoms with Crippen molar-refractivity contribution < 1.29 is 8.78 Å². The highest BCUT2D eigenvalue weighted by atomic mass is 79.9. The Morgan fingerprint density at radius 3 is 2.10 bits per heavy atom. The predicted octanol–water partition coefficient (Wildman–Crippen LogP) is 4.84. The Labute approximate surface area is 129 Å². The zero-order valence-electron chi connectivity index (χ0n) is 10.5. The van der Waals surface area contributed by atoms with Crippen molar-refractivity contribution in [1.82, 2.24) is 0 Å². The molecule has 2 N–H and O–H groups in total. The standard InChI is InChI=1S/C14H11BrF2N2S/c1-8-2-4-12(10(16)6-8)18-14(20)19-13-5-3-9(15)7-11(13)17/h2-7H,1H3,(H2,18,19,20). The molecule has 2 aromatic rings. The Balaban J connectivity index is 2.09. The SMILES string of the molecule is Cc1ccc(NC(=S)Nc2ccc(Br)cc2F)c(F)c1. The number of nitrogens with one attached hydrogen (secondary N) is 2. The van der Waals surface area contributed by atoms with E-state index in [2.05, 4.69) is 26.6 Å². The number of halogens is 3. The zero-order chi connectivity index (χ0) is 14.7. The normalized spacial score (nSPS) is 10.2. The van der Waals surface area contributed by atoms with Gasteiger partial charge < -0.3 is 10.6 Å². The Hall–Kier alpha value is -1.53. The van der Waals surface area contributed by atoms with Gasteiger partial charge >= 0.3 is 0 Å². The maximum atomic E-state index is 13.7. The van der Waals surface area contributed by atoms with Gasteiger partial charge in [-0.05, 0) is 55.0 Å². The lowest BCUT2D eigenvalue weighted by molar-refractivity contribution is 0.631. The minimum absolute atomic E-state index is 0.119. The molecule has 0 saturated heterocycles. The molecular formula is C14H11BrF2N2S. The van der Waals surface area contributed by atoms with Crippen molar-refractivity contribution >= 4 is 44.6 Å².